The molecule has 1 atom stereocenters. The summed E-state index contributed by atoms with van der Waals surface area (Å²) in [6, 6.07) is 14.2. The monoisotopic (exact) mass is 408 g/mol. The Balaban J connectivity index is 1.35. The molecular formula is C21H24N6OS. The van der Waals surface area contributed by atoms with Gasteiger partial charge in [0, 0.05) is 29.2 Å². The van der Waals surface area contributed by atoms with Crippen LogP contribution in [0.2, 0.25) is 0 Å². The highest BCUT2D eigenvalue weighted by molar-refractivity contribution is 7.18. The fraction of sp³-hybridized carbons (Fsp3) is 0.286. The summed E-state index contributed by atoms with van der Waals surface area (Å²) in [6.45, 7) is 5.28. The van der Waals surface area contributed by atoms with Crippen LogP contribution in [-0.2, 0) is 6.42 Å². The predicted molar refractivity (Wildman–Crippen MR) is 118 cm³/mol. The highest BCUT2D eigenvalue weighted by Crippen LogP contribution is 2.29. The third-order valence-corrected chi connectivity index (χ3v) is 5.59. The number of aromatic amines is 1. The van der Waals surface area contributed by atoms with E-state index in [-0.39, 0.29) is 6.04 Å². The van der Waals surface area contributed by atoms with E-state index in [9.17, 15) is 0 Å². The molecule has 29 heavy (non-hydrogen) atoms. The van der Waals surface area contributed by atoms with Gasteiger partial charge in [0.15, 0.2) is 0 Å². The summed E-state index contributed by atoms with van der Waals surface area (Å²) >= 11 is 1.52. The van der Waals surface area contributed by atoms with Gasteiger partial charge in [-0.1, -0.05) is 23.5 Å². The summed E-state index contributed by atoms with van der Waals surface area (Å²) in [5.41, 5.74) is 10.5. The molecule has 2 aromatic heterocycles. The van der Waals surface area contributed by atoms with Crippen molar-refractivity contribution in [3.8, 4) is 16.3 Å². The molecule has 0 radical (unpaired) electrons. The molecule has 0 aliphatic heterocycles. The first-order valence-corrected chi connectivity index (χ1v) is 10.4. The van der Waals surface area contributed by atoms with E-state index in [1.165, 1.54) is 16.9 Å². The van der Waals surface area contributed by atoms with Crippen LogP contribution in [0.3, 0.4) is 0 Å². The van der Waals surface area contributed by atoms with Gasteiger partial charge < -0.3 is 15.8 Å². The van der Waals surface area contributed by atoms with Gasteiger partial charge in [0.05, 0.1) is 12.1 Å². The first kappa shape index (κ1) is 19.4. The number of aromatic nitrogens is 4. The summed E-state index contributed by atoms with van der Waals surface area (Å²) < 4.78 is 5.47. The molecule has 0 aliphatic rings. The van der Waals surface area contributed by atoms with Crippen LogP contribution in [-0.4, -0.2) is 39.6 Å². The zero-order chi connectivity index (χ0) is 20.2. The van der Waals surface area contributed by atoms with Gasteiger partial charge in [-0.2, -0.15) is 5.10 Å². The van der Waals surface area contributed by atoms with Crippen LogP contribution >= 0.6 is 11.3 Å². The second-order valence-corrected chi connectivity index (χ2v) is 7.89. The molecular weight excluding hydrogens is 384 g/mol. The van der Waals surface area contributed by atoms with Crippen molar-refractivity contribution < 1.29 is 4.74 Å². The third kappa shape index (κ3) is 4.55. The van der Waals surface area contributed by atoms with Crippen molar-refractivity contribution in [1.29, 1.82) is 0 Å². The maximum Gasteiger partial charge on any atom is 0.206 e. The predicted octanol–water partition coefficient (Wildman–Crippen LogP) is 3.77. The molecule has 0 saturated heterocycles. The number of fused-ring (bicyclic) bond motifs is 1. The van der Waals surface area contributed by atoms with Crippen LogP contribution < -0.4 is 15.8 Å². The first-order valence-electron chi connectivity index (χ1n) is 9.62. The Labute approximate surface area is 173 Å². The molecule has 4 rings (SSSR count). The summed E-state index contributed by atoms with van der Waals surface area (Å²) in [7, 11) is 0. The Bertz CT molecular complexity index is 1090. The maximum absolute atomic E-state index is 6.29. The second-order valence-electron chi connectivity index (χ2n) is 6.91. The van der Waals surface area contributed by atoms with Gasteiger partial charge in [-0.05, 0) is 56.2 Å². The lowest BCUT2D eigenvalue weighted by Crippen LogP contribution is -2.31. The van der Waals surface area contributed by atoms with Crippen LogP contribution in [0.25, 0.3) is 21.5 Å². The minimum absolute atomic E-state index is 0.0229. The van der Waals surface area contributed by atoms with Crippen molar-refractivity contribution >= 4 is 27.4 Å². The van der Waals surface area contributed by atoms with Crippen molar-refractivity contribution in [1.82, 2.24) is 20.4 Å². The summed E-state index contributed by atoms with van der Waals surface area (Å²) in [5, 5.41) is 21.9. The molecule has 2 heterocycles. The Morgan fingerprint density at radius 2 is 2.00 bits per heavy atom. The van der Waals surface area contributed by atoms with Gasteiger partial charge in [-0.3, -0.25) is 5.10 Å². The number of nitrogens with one attached hydrogen (secondary N) is 2. The van der Waals surface area contributed by atoms with Crippen molar-refractivity contribution in [2.24, 2.45) is 5.73 Å². The lowest BCUT2D eigenvalue weighted by Gasteiger charge is -2.12. The number of anilines is 1. The zero-order valence-corrected chi connectivity index (χ0v) is 17.3. The van der Waals surface area contributed by atoms with Crippen molar-refractivity contribution in [3.05, 3.63) is 53.7 Å². The molecule has 0 amide bonds. The largest absolute Gasteiger partial charge is 0.494 e. The van der Waals surface area contributed by atoms with E-state index in [0.717, 1.165) is 44.5 Å². The summed E-state index contributed by atoms with van der Waals surface area (Å²) in [5.74, 6) is 0.883. The topological polar surface area (TPSA) is 102 Å². The molecule has 4 aromatic rings. The minimum Gasteiger partial charge on any atom is -0.494 e. The van der Waals surface area contributed by atoms with Crippen LogP contribution in [0, 0.1) is 6.92 Å². The van der Waals surface area contributed by atoms with E-state index in [1.807, 2.05) is 38.1 Å². The van der Waals surface area contributed by atoms with E-state index in [2.05, 4.69) is 43.9 Å². The van der Waals surface area contributed by atoms with E-state index in [1.54, 1.807) is 0 Å². The van der Waals surface area contributed by atoms with Gasteiger partial charge in [0.2, 0.25) is 5.13 Å². The lowest BCUT2D eigenvalue weighted by atomic mass is 10.1. The molecule has 1 unspecified atom stereocenters. The summed E-state index contributed by atoms with van der Waals surface area (Å²) in [4.78, 5) is 0. The lowest BCUT2D eigenvalue weighted by molar-refractivity contribution is 0.340. The average Bonchev–Trinajstić information content (AvgIpc) is 3.35. The fourth-order valence-corrected chi connectivity index (χ4v) is 3.91. The first-order chi connectivity index (χ1) is 14.1. The fourth-order valence-electron chi connectivity index (χ4n) is 3.16. The number of hydrogen-bond acceptors (Lipinski definition) is 7. The van der Waals surface area contributed by atoms with E-state index >= 15 is 0 Å². The molecule has 0 saturated carbocycles. The van der Waals surface area contributed by atoms with Gasteiger partial charge in [-0.25, -0.2) is 0 Å². The number of benzene rings is 2. The van der Waals surface area contributed by atoms with Crippen LogP contribution in [0.4, 0.5) is 5.13 Å². The number of rotatable bonds is 8. The number of ether oxygens (including phenoxy) is 1. The second kappa shape index (κ2) is 8.59. The normalized spacial score (nSPS) is 12.2. The summed E-state index contributed by atoms with van der Waals surface area (Å²) in [6.07, 6.45) is 0.779. The third-order valence-electron chi connectivity index (χ3n) is 4.66. The van der Waals surface area contributed by atoms with Crippen molar-refractivity contribution in [2.75, 3.05) is 18.5 Å². The zero-order valence-electron chi connectivity index (χ0n) is 16.5. The number of aryl methyl sites for hydroxylation is 1. The Morgan fingerprint density at radius 1 is 1.17 bits per heavy atom. The number of H-pyrrole nitrogens is 1. The Morgan fingerprint density at radius 3 is 2.79 bits per heavy atom. The van der Waals surface area contributed by atoms with Gasteiger partial charge in [0.25, 0.3) is 0 Å². The van der Waals surface area contributed by atoms with Gasteiger partial charge in [0.1, 0.15) is 10.8 Å². The molecule has 8 heteroatoms. The molecule has 0 bridgehead atoms. The average molecular weight is 409 g/mol. The molecule has 4 N–H and O–H groups in total. The molecule has 2 aromatic carbocycles. The molecule has 0 fully saturated rings. The smallest absolute Gasteiger partial charge is 0.206 e. The molecule has 150 valence electrons. The van der Waals surface area contributed by atoms with Crippen LogP contribution in [0.1, 0.15) is 18.2 Å². The van der Waals surface area contributed by atoms with E-state index < -0.39 is 0 Å². The standard InChI is InChI=1S/C21H24N6OS/c1-3-28-17-7-4-14(5-8-17)10-16(22)12-23-21-27-26-20(29-21)15-6-9-19-18(11-15)13(2)24-25-19/h4-9,11,16H,3,10,12,22H2,1-2H3,(H,23,27)(H,24,25). The molecule has 0 spiro atoms. The maximum atomic E-state index is 6.29. The number of nitrogens with two attached hydrogens (primary N) is 1. The molecule has 7 nitrogen and oxygen atoms in total. The van der Waals surface area contributed by atoms with Gasteiger partial charge in [-0.15, -0.1) is 10.2 Å². The van der Waals surface area contributed by atoms with Gasteiger partial charge >= 0.3 is 0 Å². The highest BCUT2D eigenvalue weighted by Gasteiger charge is 2.11. The Hall–Kier alpha value is -2.97. The highest BCUT2D eigenvalue weighted by atomic mass is 32.1. The van der Waals surface area contributed by atoms with Crippen LogP contribution in [0.15, 0.2) is 42.5 Å². The SMILES string of the molecule is CCOc1ccc(CC(N)CNc2nnc(-c3ccc4n[nH]c(C)c4c3)s2)cc1. The van der Waals surface area contributed by atoms with E-state index in [0.29, 0.717) is 13.2 Å². The van der Waals surface area contributed by atoms with Crippen molar-refractivity contribution in [3.63, 3.8) is 0 Å². The van der Waals surface area contributed by atoms with E-state index in [4.69, 9.17) is 10.5 Å². The number of nitrogens with zero attached hydrogens (tertiary/aromatic N) is 3. The van der Waals surface area contributed by atoms with Crippen LogP contribution in [0.5, 0.6) is 5.75 Å². The Kier molecular flexibility index (Phi) is 5.73. The minimum atomic E-state index is -0.0229. The quantitative estimate of drug-likeness (QED) is 0.410. The van der Waals surface area contributed by atoms with Crippen molar-refractivity contribution in [2.45, 2.75) is 26.3 Å². The number of hydrogen-bond donors (Lipinski definition) is 3. The molecule has 0 aliphatic carbocycles.